The van der Waals surface area contributed by atoms with E-state index in [1.807, 2.05) is 0 Å². The first-order chi connectivity index (χ1) is 9.23. The fourth-order valence-corrected chi connectivity index (χ4v) is 6.74. The standard InChI is InChI=1S/C17H36O2Si2/c1-10-11-17(18)13-14(12-15(17)20(5,6)7)19-21(8,9)16(2,3)4/h12,15,18H,10-11,13H2,1-9H3/t15-,17-/m0/s1. The van der Waals surface area contributed by atoms with E-state index >= 15 is 0 Å². The lowest BCUT2D eigenvalue weighted by atomic mass is 9.95. The van der Waals surface area contributed by atoms with Crippen molar-refractivity contribution in [1.82, 2.24) is 0 Å². The molecule has 0 aromatic rings. The van der Waals surface area contributed by atoms with Gasteiger partial charge in [0.25, 0.3) is 0 Å². The maximum absolute atomic E-state index is 11.2. The average Bonchev–Trinajstić information content (AvgIpc) is 2.52. The van der Waals surface area contributed by atoms with Crippen LogP contribution in [0.15, 0.2) is 11.8 Å². The Kier molecular flexibility index (Phi) is 5.29. The predicted octanol–water partition coefficient (Wildman–Crippen LogP) is 5.54. The molecule has 0 unspecified atom stereocenters. The van der Waals surface area contributed by atoms with E-state index in [0.29, 0.717) is 12.0 Å². The van der Waals surface area contributed by atoms with Gasteiger partial charge in [-0.1, -0.05) is 53.8 Å². The van der Waals surface area contributed by atoms with Gasteiger partial charge in [0.05, 0.1) is 19.4 Å². The number of hydrogen-bond acceptors (Lipinski definition) is 2. The van der Waals surface area contributed by atoms with Crippen LogP contribution in [0.1, 0.15) is 47.0 Å². The predicted molar refractivity (Wildman–Crippen MR) is 97.9 cm³/mol. The van der Waals surface area contributed by atoms with Gasteiger partial charge in [-0.15, -0.1) is 0 Å². The Morgan fingerprint density at radius 2 is 1.76 bits per heavy atom. The van der Waals surface area contributed by atoms with Crippen molar-refractivity contribution in [1.29, 1.82) is 0 Å². The molecule has 1 N–H and O–H groups in total. The van der Waals surface area contributed by atoms with Gasteiger partial charge in [-0.25, -0.2) is 0 Å². The highest BCUT2D eigenvalue weighted by Crippen LogP contribution is 2.49. The fraction of sp³-hybridized carbons (Fsp3) is 0.882. The van der Waals surface area contributed by atoms with Gasteiger partial charge in [0.15, 0.2) is 0 Å². The van der Waals surface area contributed by atoms with Gasteiger partial charge in [0.2, 0.25) is 8.32 Å². The molecule has 2 nitrogen and oxygen atoms in total. The molecule has 2 atom stereocenters. The highest BCUT2D eigenvalue weighted by molar-refractivity contribution is 6.78. The molecule has 0 amide bonds. The third-order valence-corrected chi connectivity index (χ3v) is 12.2. The number of hydrogen-bond donors (Lipinski definition) is 1. The lowest BCUT2D eigenvalue weighted by molar-refractivity contribution is 0.0355. The molecule has 0 fully saturated rings. The molecule has 0 spiro atoms. The minimum absolute atomic E-state index is 0.202. The summed E-state index contributed by atoms with van der Waals surface area (Å²) >= 11 is 0. The summed E-state index contributed by atoms with van der Waals surface area (Å²) in [5.74, 6) is 1.06. The van der Waals surface area contributed by atoms with Crippen LogP contribution in [-0.4, -0.2) is 27.1 Å². The summed E-state index contributed by atoms with van der Waals surface area (Å²) in [7, 11) is -3.26. The van der Waals surface area contributed by atoms with Crippen molar-refractivity contribution in [2.24, 2.45) is 0 Å². The van der Waals surface area contributed by atoms with Crippen molar-refractivity contribution < 1.29 is 9.53 Å². The minimum atomic E-state index is -1.81. The molecule has 0 saturated carbocycles. The van der Waals surface area contributed by atoms with Crippen LogP contribution < -0.4 is 0 Å². The Hall–Kier alpha value is -0.0662. The van der Waals surface area contributed by atoms with Gasteiger partial charge in [0.1, 0.15) is 0 Å². The molecule has 0 aromatic carbocycles. The second-order valence-electron chi connectivity index (χ2n) is 9.37. The van der Waals surface area contributed by atoms with Gasteiger partial charge in [-0.3, -0.25) is 0 Å². The summed E-state index contributed by atoms with van der Waals surface area (Å²) in [4.78, 5) is 0. The lowest BCUT2D eigenvalue weighted by Crippen LogP contribution is -2.43. The van der Waals surface area contributed by atoms with Gasteiger partial charge in [0, 0.05) is 12.0 Å². The van der Waals surface area contributed by atoms with E-state index in [1.54, 1.807) is 0 Å². The third kappa shape index (κ3) is 4.23. The summed E-state index contributed by atoms with van der Waals surface area (Å²) in [6.45, 7) is 20.6. The van der Waals surface area contributed by atoms with E-state index in [0.717, 1.165) is 18.6 Å². The summed E-state index contributed by atoms with van der Waals surface area (Å²) in [5.41, 5.74) is -0.263. The molecule has 1 aliphatic rings. The molecular weight excluding hydrogens is 292 g/mol. The Balaban J connectivity index is 3.02. The van der Waals surface area contributed by atoms with Gasteiger partial charge >= 0.3 is 0 Å². The van der Waals surface area contributed by atoms with Crippen LogP contribution in [0.4, 0.5) is 0 Å². The van der Waals surface area contributed by atoms with E-state index in [-0.39, 0.29) is 5.04 Å². The molecule has 0 bridgehead atoms. The molecule has 0 aromatic heterocycles. The first-order valence-corrected chi connectivity index (χ1v) is 14.8. The lowest BCUT2D eigenvalue weighted by Gasteiger charge is -2.38. The first kappa shape index (κ1) is 19.0. The van der Waals surface area contributed by atoms with Crippen molar-refractivity contribution in [2.45, 2.75) is 95.9 Å². The molecule has 21 heavy (non-hydrogen) atoms. The molecule has 1 rings (SSSR count). The van der Waals surface area contributed by atoms with Crippen LogP contribution in [0.2, 0.25) is 43.3 Å². The highest BCUT2D eigenvalue weighted by atomic mass is 28.4. The zero-order chi connectivity index (χ0) is 16.7. The van der Waals surface area contributed by atoms with Crippen molar-refractivity contribution in [2.75, 3.05) is 0 Å². The highest BCUT2D eigenvalue weighted by Gasteiger charge is 2.49. The first-order valence-electron chi connectivity index (χ1n) is 8.35. The summed E-state index contributed by atoms with van der Waals surface area (Å²) in [6.07, 6.45) is 4.89. The van der Waals surface area contributed by atoms with Crippen molar-refractivity contribution in [3.05, 3.63) is 11.8 Å². The van der Waals surface area contributed by atoms with Crippen molar-refractivity contribution >= 4 is 16.4 Å². The quantitative estimate of drug-likeness (QED) is 0.672. The Bertz CT molecular complexity index is 402. The van der Waals surface area contributed by atoms with Crippen LogP contribution in [0.5, 0.6) is 0 Å². The Labute approximate surface area is 134 Å². The van der Waals surface area contributed by atoms with Crippen LogP contribution in [0.25, 0.3) is 0 Å². The molecular formula is C17H36O2Si2. The normalized spacial score (nSPS) is 27.7. The van der Waals surface area contributed by atoms with Crippen LogP contribution in [-0.2, 0) is 4.43 Å². The van der Waals surface area contributed by atoms with Crippen molar-refractivity contribution in [3.8, 4) is 0 Å². The molecule has 124 valence electrons. The third-order valence-electron chi connectivity index (χ3n) is 5.22. The monoisotopic (exact) mass is 328 g/mol. The summed E-state index contributed by atoms with van der Waals surface area (Å²) in [6, 6.07) is 0. The smallest absolute Gasteiger partial charge is 0.250 e. The Morgan fingerprint density at radius 3 is 2.14 bits per heavy atom. The van der Waals surface area contributed by atoms with E-state index in [1.165, 1.54) is 0 Å². The van der Waals surface area contributed by atoms with Crippen LogP contribution in [0, 0.1) is 0 Å². The molecule has 0 saturated heterocycles. The molecule has 0 radical (unpaired) electrons. The number of rotatable bonds is 5. The summed E-state index contributed by atoms with van der Waals surface area (Å²) < 4.78 is 6.49. The molecule has 0 heterocycles. The topological polar surface area (TPSA) is 29.5 Å². The molecule has 1 aliphatic carbocycles. The second-order valence-corrected chi connectivity index (χ2v) is 19.4. The van der Waals surface area contributed by atoms with Gasteiger partial charge in [-0.2, -0.15) is 0 Å². The maximum Gasteiger partial charge on any atom is 0.250 e. The van der Waals surface area contributed by atoms with E-state index in [9.17, 15) is 5.11 Å². The molecule has 0 aliphatic heterocycles. The van der Waals surface area contributed by atoms with E-state index in [4.69, 9.17) is 4.43 Å². The van der Waals surface area contributed by atoms with Crippen LogP contribution in [0.3, 0.4) is 0 Å². The average molecular weight is 329 g/mol. The zero-order valence-corrected chi connectivity index (χ0v) is 17.6. The second kappa shape index (κ2) is 5.86. The zero-order valence-electron chi connectivity index (χ0n) is 15.6. The van der Waals surface area contributed by atoms with Gasteiger partial charge in [-0.05, 0) is 30.6 Å². The SMILES string of the molecule is CCC[C@]1(O)CC(O[Si](C)(C)C(C)(C)C)=C[C@@H]1[Si](C)(C)C. The van der Waals surface area contributed by atoms with E-state index in [2.05, 4.69) is 66.5 Å². The maximum atomic E-state index is 11.2. The van der Waals surface area contributed by atoms with Crippen molar-refractivity contribution in [3.63, 3.8) is 0 Å². The van der Waals surface area contributed by atoms with Crippen LogP contribution >= 0.6 is 0 Å². The summed E-state index contributed by atoms with van der Waals surface area (Å²) in [5, 5.41) is 11.4. The van der Waals surface area contributed by atoms with E-state index < -0.39 is 22.0 Å². The van der Waals surface area contributed by atoms with Gasteiger partial charge < -0.3 is 9.53 Å². The minimum Gasteiger partial charge on any atom is -0.547 e. The Morgan fingerprint density at radius 1 is 1.24 bits per heavy atom. The molecule has 4 heteroatoms. The number of aliphatic hydroxyl groups is 1. The fourth-order valence-electron chi connectivity index (χ4n) is 3.10. The largest absolute Gasteiger partial charge is 0.547 e.